The second kappa shape index (κ2) is 9.79. The van der Waals surface area contributed by atoms with E-state index in [1.807, 2.05) is 30.3 Å². The number of carbonyl (C=O) groups excluding carboxylic acids is 2. The molecule has 0 radical (unpaired) electrons. The topological polar surface area (TPSA) is 98.7 Å². The first-order valence-electron chi connectivity index (χ1n) is 9.08. The Morgan fingerprint density at radius 3 is 2.42 bits per heavy atom. The second-order valence-electron chi connectivity index (χ2n) is 6.68. The van der Waals surface area contributed by atoms with Gasteiger partial charge in [-0.3, -0.25) is 4.79 Å². The molecule has 1 fully saturated rings. The third-order valence-corrected chi connectivity index (χ3v) is 4.68. The van der Waals surface area contributed by atoms with Crippen molar-refractivity contribution >= 4 is 17.9 Å². The van der Waals surface area contributed by atoms with Gasteiger partial charge in [0.05, 0.1) is 6.54 Å². The first-order chi connectivity index (χ1) is 12.5. The number of rotatable bonds is 7. The van der Waals surface area contributed by atoms with Gasteiger partial charge < -0.3 is 20.6 Å². The summed E-state index contributed by atoms with van der Waals surface area (Å²) < 4.78 is 0. The van der Waals surface area contributed by atoms with Crippen molar-refractivity contribution in [3.05, 3.63) is 35.9 Å². The molecule has 1 aliphatic rings. The Labute approximate surface area is 153 Å². The molecule has 1 aromatic carbocycles. The fraction of sp³-hybridized carbons (Fsp3) is 0.526. The van der Waals surface area contributed by atoms with Crippen molar-refractivity contribution in [2.45, 2.75) is 57.7 Å². The highest BCUT2D eigenvalue weighted by atomic mass is 16.4. The van der Waals surface area contributed by atoms with E-state index < -0.39 is 17.9 Å². The quantitative estimate of drug-likeness (QED) is 0.693. The number of hydrogen-bond acceptors (Lipinski definition) is 3. The van der Waals surface area contributed by atoms with Crippen molar-refractivity contribution in [3.8, 4) is 0 Å². The highest BCUT2D eigenvalue weighted by Gasteiger charge is 2.26. The molecule has 7 nitrogen and oxygen atoms in total. The van der Waals surface area contributed by atoms with E-state index in [1.165, 1.54) is 18.2 Å². The van der Waals surface area contributed by atoms with Crippen LogP contribution in [0.1, 0.15) is 44.6 Å². The molecule has 3 N–H and O–H groups in total. The lowest BCUT2D eigenvalue weighted by Gasteiger charge is -2.27. The van der Waals surface area contributed by atoms with Crippen molar-refractivity contribution in [2.24, 2.45) is 0 Å². The molecule has 2 rings (SSSR count). The third kappa shape index (κ3) is 6.06. The van der Waals surface area contributed by atoms with Crippen LogP contribution in [0.25, 0.3) is 0 Å². The van der Waals surface area contributed by atoms with Crippen molar-refractivity contribution in [1.82, 2.24) is 15.5 Å². The average Bonchev–Trinajstić information content (AvgIpc) is 2.65. The maximum absolute atomic E-state index is 12.5. The van der Waals surface area contributed by atoms with Gasteiger partial charge >= 0.3 is 12.0 Å². The number of carboxylic acid groups (broad SMARTS) is 1. The number of urea groups is 1. The van der Waals surface area contributed by atoms with Crippen LogP contribution in [0.2, 0.25) is 0 Å². The molecule has 1 aliphatic carbocycles. The van der Waals surface area contributed by atoms with Gasteiger partial charge in [0.25, 0.3) is 0 Å². The molecule has 0 spiro atoms. The van der Waals surface area contributed by atoms with Crippen LogP contribution in [0.3, 0.4) is 0 Å². The minimum atomic E-state index is -1.08. The average molecular weight is 361 g/mol. The summed E-state index contributed by atoms with van der Waals surface area (Å²) in [5.74, 6) is -1.51. The second-order valence-corrected chi connectivity index (χ2v) is 6.68. The van der Waals surface area contributed by atoms with Gasteiger partial charge in [0.15, 0.2) is 0 Å². The van der Waals surface area contributed by atoms with Crippen LogP contribution >= 0.6 is 0 Å². The van der Waals surface area contributed by atoms with E-state index in [-0.39, 0.29) is 25.2 Å². The number of carboxylic acids is 1. The zero-order chi connectivity index (χ0) is 18.9. The molecule has 1 saturated carbocycles. The van der Waals surface area contributed by atoms with Gasteiger partial charge in [0, 0.05) is 12.6 Å². The molecular formula is C19H27N3O4. The summed E-state index contributed by atoms with van der Waals surface area (Å²) >= 11 is 0. The Morgan fingerprint density at radius 2 is 1.81 bits per heavy atom. The van der Waals surface area contributed by atoms with Crippen LogP contribution in [0.4, 0.5) is 4.79 Å². The van der Waals surface area contributed by atoms with Gasteiger partial charge in [-0.15, -0.1) is 0 Å². The summed E-state index contributed by atoms with van der Waals surface area (Å²) in [6.07, 6.45) is 5.31. The van der Waals surface area contributed by atoms with E-state index in [0.29, 0.717) is 0 Å². The molecule has 1 atom stereocenters. The summed E-state index contributed by atoms with van der Waals surface area (Å²) in [7, 11) is 0. The molecule has 0 aromatic heterocycles. The Hall–Kier alpha value is -2.57. The lowest BCUT2D eigenvalue weighted by atomic mass is 9.96. The van der Waals surface area contributed by atoms with Crippen molar-refractivity contribution in [1.29, 1.82) is 0 Å². The van der Waals surface area contributed by atoms with Gasteiger partial charge in [-0.1, -0.05) is 49.6 Å². The predicted octanol–water partition coefficient (Wildman–Crippen LogP) is 2.12. The molecular weight excluding hydrogens is 334 g/mol. The van der Waals surface area contributed by atoms with E-state index >= 15 is 0 Å². The number of nitrogens with zero attached hydrogens (tertiary/aromatic N) is 1. The molecule has 26 heavy (non-hydrogen) atoms. The number of aliphatic carboxylic acids is 1. The summed E-state index contributed by atoms with van der Waals surface area (Å²) in [5.41, 5.74) is 0.834. The van der Waals surface area contributed by atoms with Gasteiger partial charge in [0.2, 0.25) is 5.91 Å². The first kappa shape index (κ1) is 19.8. The van der Waals surface area contributed by atoms with Crippen LogP contribution in [0, 0.1) is 0 Å². The number of hydrogen-bond donors (Lipinski definition) is 3. The molecule has 0 bridgehead atoms. The molecule has 0 saturated heterocycles. The highest BCUT2D eigenvalue weighted by Crippen LogP contribution is 2.17. The van der Waals surface area contributed by atoms with Gasteiger partial charge in [-0.25, -0.2) is 9.59 Å². The number of amides is 3. The minimum Gasteiger partial charge on any atom is -0.480 e. The van der Waals surface area contributed by atoms with E-state index in [1.54, 1.807) is 0 Å². The van der Waals surface area contributed by atoms with Crippen molar-refractivity contribution in [3.63, 3.8) is 0 Å². The van der Waals surface area contributed by atoms with Crippen molar-refractivity contribution < 1.29 is 19.5 Å². The number of benzene rings is 1. The summed E-state index contributed by atoms with van der Waals surface area (Å²) in [6.45, 7) is 1.41. The fourth-order valence-corrected chi connectivity index (χ4v) is 3.10. The molecule has 7 heteroatoms. The standard InChI is InChI=1S/C19H27N3O4/c1-14(18(24)25)22(13-15-8-4-2-5-9-15)17(23)12-20-19(26)21-16-10-6-3-7-11-16/h2,4-5,8-9,14,16H,3,6-7,10-13H2,1H3,(H,24,25)(H2,20,21,26). The van der Waals surface area contributed by atoms with Gasteiger partial charge in [-0.2, -0.15) is 0 Å². The van der Waals surface area contributed by atoms with Crippen LogP contribution < -0.4 is 10.6 Å². The van der Waals surface area contributed by atoms with E-state index in [0.717, 1.165) is 31.2 Å². The zero-order valence-corrected chi connectivity index (χ0v) is 15.1. The minimum absolute atomic E-state index is 0.150. The lowest BCUT2D eigenvalue weighted by molar-refractivity contribution is -0.149. The van der Waals surface area contributed by atoms with Gasteiger partial charge in [-0.05, 0) is 25.3 Å². The first-order valence-corrected chi connectivity index (χ1v) is 9.08. The Kier molecular flexibility index (Phi) is 7.44. The SMILES string of the molecule is CC(C(=O)O)N(Cc1ccccc1)C(=O)CNC(=O)NC1CCCCC1. The summed E-state index contributed by atoms with van der Waals surface area (Å²) in [5, 5.41) is 14.7. The van der Waals surface area contributed by atoms with Gasteiger partial charge in [0.1, 0.15) is 6.04 Å². The van der Waals surface area contributed by atoms with Crippen LogP contribution in [-0.4, -0.2) is 46.5 Å². The van der Waals surface area contributed by atoms with E-state index in [4.69, 9.17) is 0 Å². The molecule has 1 aromatic rings. The highest BCUT2D eigenvalue weighted by molar-refractivity contribution is 5.87. The monoisotopic (exact) mass is 361 g/mol. The summed E-state index contributed by atoms with van der Waals surface area (Å²) in [6, 6.07) is 7.97. The Balaban J connectivity index is 1.90. The molecule has 0 aliphatic heterocycles. The number of nitrogens with one attached hydrogen (secondary N) is 2. The molecule has 142 valence electrons. The van der Waals surface area contributed by atoms with Crippen LogP contribution in [0.15, 0.2) is 30.3 Å². The van der Waals surface area contributed by atoms with Crippen LogP contribution in [0.5, 0.6) is 0 Å². The zero-order valence-electron chi connectivity index (χ0n) is 15.1. The number of carbonyl (C=O) groups is 3. The van der Waals surface area contributed by atoms with E-state index in [9.17, 15) is 19.5 Å². The smallest absolute Gasteiger partial charge is 0.326 e. The maximum Gasteiger partial charge on any atom is 0.326 e. The third-order valence-electron chi connectivity index (χ3n) is 4.68. The predicted molar refractivity (Wildman–Crippen MR) is 97.5 cm³/mol. The fourth-order valence-electron chi connectivity index (χ4n) is 3.10. The molecule has 0 heterocycles. The maximum atomic E-state index is 12.5. The normalized spacial score (nSPS) is 15.7. The summed E-state index contributed by atoms with van der Waals surface area (Å²) in [4.78, 5) is 37.1. The Bertz CT molecular complexity index is 614. The lowest BCUT2D eigenvalue weighted by Crippen LogP contribution is -2.50. The molecule has 1 unspecified atom stereocenters. The molecule has 3 amide bonds. The van der Waals surface area contributed by atoms with Crippen LogP contribution in [-0.2, 0) is 16.1 Å². The Morgan fingerprint density at radius 1 is 1.15 bits per heavy atom. The van der Waals surface area contributed by atoms with E-state index in [2.05, 4.69) is 10.6 Å². The van der Waals surface area contributed by atoms with Crippen molar-refractivity contribution in [2.75, 3.05) is 6.54 Å². The largest absolute Gasteiger partial charge is 0.480 e.